The highest BCUT2D eigenvalue weighted by molar-refractivity contribution is 5.96. The van der Waals surface area contributed by atoms with Crippen LogP contribution in [0.1, 0.15) is 93.4 Å². The SMILES string of the molecule is CC(=O)C(C)(C)NC(CCCCNC(=O)[C@H](CCCNC(N)N)NN1CCC[C@H]1C=O)C(=O)NC(C)(C)C(=O)NCC(=O)C(C)(C)N. The van der Waals surface area contributed by atoms with Crippen molar-refractivity contribution in [1.82, 2.24) is 37.0 Å². The number of hydrogen-bond donors (Lipinski definition) is 9. The molecule has 0 radical (unpaired) electrons. The van der Waals surface area contributed by atoms with Gasteiger partial charge in [0.1, 0.15) is 29.9 Å². The van der Waals surface area contributed by atoms with Crippen LogP contribution in [0.2, 0.25) is 0 Å². The summed E-state index contributed by atoms with van der Waals surface area (Å²) in [4.78, 5) is 75.3. The first-order valence-corrected chi connectivity index (χ1v) is 16.4. The molecule has 0 spiro atoms. The number of carbonyl (C=O) groups excluding carboxylic acids is 6. The zero-order chi connectivity index (χ0) is 36.0. The molecule has 47 heavy (non-hydrogen) atoms. The van der Waals surface area contributed by atoms with Crippen molar-refractivity contribution < 1.29 is 28.8 Å². The normalized spacial score (nSPS) is 17.2. The van der Waals surface area contributed by atoms with Crippen molar-refractivity contribution in [2.45, 2.75) is 134 Å². The third kappa shape index (κ3) is 15.3. The predicted molar refractivity (Wildman–Crippen MR) is 179 cm³/mol. The van der Waals surface area contributed by atoms with Gasteiger partial charge in [0.15, 0.2) is 5.78 Å². The first kappa shape index (κ1) is 42.2. The lowest BCUT2D eigenvalue weighted by molar-refractivity contribution is -0.135. The molecule has 1 aliphatic heterocycles. The standard InChI is InChI=1S/C31H60N10O6/c1-20(43)30(4,5)38-22(26(46)39-31(6,7)27(47)37-18-24(44)29(2,3)34)13-8-9-15-35-25(45)23(14-10-16-36-28(32)33)40-41-17-11-12-21(41)19-42/h19,21-23,28,36,38,40H,8-18,32-34H2,1-7H3,(H,35,45)(H,37,47)(H,39,46)/t21-,22?,23-/m0/s1. The molecule has 1 unspecified atom stereocenters. The molecule has 3 atom stereocenters. The molecule has 1 rings (SSSR count). The van der Waals surface area contributed by atoms with Gasteiger partial charge in [0.05, 0.1) is 29.7 Å². The number of nitrogens with one attached hydrogen (secondary N) is 6. The molecule has 1 aliphatic rings. The van der Waals surface area contributed by atoms with E-state index < -0.39 is 46.8 Å². The average Bonchev–Trinajstić information content (AvgIpc) is 3.42. The molecule has 0 aliphatic carbocycles. The van der Waals surface area contributed by atoms with Gasteiger partial charge in [0, 0.05) is 13.1 Å². The van der Waals surface area contributed by atoms with Gasteiger partial charge >= 0.3 is 0 Å². The van der Waals surface area contributed by atoms with E-state index in [0.29, 0.717) is 51.7 Å². The van der Waals surface area contributed by atoms with Crippen molar-refractivity contribution in [2.75, 3.05) is 26.2 Å². The Morgan fingerprint density at radius 1 is 0.872 bits per heavy atom. The van der Waals surface area contributed by atoms with E-state index in [9.17, 15) is 28.8 Å². The molecule has 0 aromatic heterocycles. The number of rotatable bonds is 23. The monoisotopic (exact) mass is 668 g/mol. The number of ketones is 2. The second-order valence-electron chi connectivity index (χ2n) is 13.9. The Kier molecular flexibility index (Phi) is 17.2. The molecule has 16 heteroatoms. The van der Waals surface area contributed by atoms with Gasteiger partial charge in [0.2, 0.25) is 17.7 Å². The molecule has 0 bridgehead atoms. The summed E-state index contributed by atoms with van der Waals surface area (Å²) in [7, 11) is 0. The van der Waals surface area contributed by atoms with E-state index in [1.165, 1.54) is 20.8 Å². The fourth-order valence-electron chi connectivity index (χ4n) is 4.80. The molecule has 1 heterocycles. The van der Waals surface area contributed by atoms with Crippen molar-refractivity contribution in [2.24, 2.45) is 17.2 Å². The second kappa shape index (κ2) is 19.2. The van der Waals surface area contributed by atoms with Gasteiger partial charge in [-0.2, -0.15) is 0 Å². The fourth-order valence-corrected chi connectivity index (χ4v) is 4.80. The number of amides is 3. The number of nitrogens with zero attached hydrogens (tertiary/aromatic N) is 1. The number of aldehydes is 1. The lowest BCUT2D eigenvalue weighted by Gasteiger charge is -2.32. The molecule has 16 nitrogen and oxygen atoms in total. The number of unbranched alkanes of at least 4 members (excludes halogenated alkanes) is 1. The van der Waals surface area contributed by atoms with E-state index >= 15 is 0 Å². The van der Waals surface area contributed by atoms with Crippen molar-refractivity contribution >= 4 is 35.6 Å². The summed E-state index contributed by atoms with van der Waals surface area (Å²) in [6.07, 6.45) is 4.29. The van der Waals surface area contributed by atoms with Gasteiger partial charge in [-0.05, 0) is 100.0 Å². The van der Waals surface area contributed by atoms with Crippen molar-refractivity contribution in [3.63, 3.8) is 0 Å². The lowest BCUT2D eigenvalue weighted by Crippen LogP contribution is -2.62. The molecular weight excluding hydrogens is 608 g/mol. The van der Waals surface area contributed by atoms with Crippen molar-refractivity contribution in [1.29, 1.82) is 0 Å². The van der Waals surface area contributed by atoms with Gasteiger partial charge < -0.3 is 37.9 Å². The fraction of sp³-hybridized carbons (Fsp3) is 0.806. The number of hydrazine groups is 1. The Morgan fingerprint density at radius 3 is 2.09 bits per heavy atom. The van der Waals surface area contributed by atoms with E-state index in [0.717, 1.165) is 19.1 Å². The van der Waals surface area contributed by atoms with E-state index in [4.69, 9.17) is 17.2 Å². The Labute approximate surface area is 279 Å². The minimum Gasteiger partial charge on any atom is -0.355 e. The first-order valence-electron chi connectivity index (χ1n) is 16.4. The molecule has 0 aromatic rings. The molecule has 0 saturated carbocycles. The van der Waals surface area contributed by atoms with Crippen LogP contribution in [0.25, 0.3) is 0 Å². The quantitative estimate of drug-likeness (QED) is 0.0326. The summed E-state index contributed by atoms with van der Waals surface area (Å²) in [6, 6.07) is -1.68. The molecular formula is C31H60N10O6. The van der Waals surface area contributed by atoms with Gasteiger partial charge in [-0.15, -0.1) is 0 Å². The van der Waals surface area contributed by atoms with Crippen LogP contribution in [0.15, 0.2) is 0 Å². The van der Waals surface area contributed by atoms with Crippen LogP contribution in [-0.4, -0.2) is 108 Å². The summed E-state index contributed by atoms with van der Waals surface area (Å²) >= 11 is 0. The summed E-state index contributed by atoms with van der Waals surface area (Å²) in [5.41, 5.74) is 16.6. The first-order chi connectivity index (χ1) is 21.7. The minimum atomic E-state index is -1.37. The second-order valence-corrected chi connectivity index (χ2v) is 13.9. The zero-order valence-corrected chi connectivity index (χ0v) is 29.3. The smallest absolute Gasteiger partial charge is 0.245 e. The molecule has 1 saturated heterocycles. The van der Waals surface area contributed by atoms with Crippen molar-refractivity contribution in [3.05, 3.63) is 0 Å². The summed E-state index contributed by atoms with van der Waals surface area (Å²) in [5, 5.41) is 16.0. The highest BCUT2D eigenvalue weighted by Gasteiger charge is 2.36. The van der Waals surface area contributed by atoms with Gasteiger partial charge in [0.25, 0.3) is 0 Å². The van der Waals surface area contributed by atoms with E-state index in [1.807, 2.05) is 5.01 Å². The van der Waals surface area contributed by atoms with Crippen LogP contribution < -0.4 is 49.2 Å². The van der Waals surface area contributed by atoms with Gasteiger partial charge in [-0.3, -0.25) is 34.6 Å². The Morgan fingerprint density at radius 2 is 1.51 bits per heavy atom. The van der Waals surface area contributed by atoms with Crippen molar-refractivity contribution in [3.8, 4) is 0 Å². The predicted octanol–water partition coefficient (Wildman–Crippen LogP) is -1.98. The highest BCUT2D eigenvalue weighted by atomic mass is 16.2. The van der Waals surface area contributed by atoms with Crippen LogP contribution in [0.4, 0.5) is 0 Å². The van der Waals surface area contributed by atoms with Crippen LogP contribution in [-0.2, 0) is 28.8 Å². The molecule has 270 valence electrons. The summed E-state index contributed by atoms with van der Waals surface area (Å²) < 4.78 is 0. The number of nitrogens with two attached hydrogens (primary N) is 3. The Hall–Kier alpha value is -2.86. The van der Waals surface area contributed by atoms with Crippen LogP contribution >= 0.6 is 0 Å². The number of Topliss-reactive ketones (excluding diaryl/α,β-unsaturated/α-hetero) is 2. The molecule has 12 N–H and O–H groups in total. The zero-order valence-electron chi connectivity index (χ0n) is 29.3. The maximum Gasteiger partial charge on any atom is 0.245 e. The third-order valence-electron chi connectivity index (χ3n) is 8.23. The Bertz CT molecular complexity index is 1080. The van der Waals surface area contributed by atoms with Crippen LogP contribution in [0.3, 0.4) is 0 Å². The maximum absolute atomic E-state index is 13.4. The van der Waals surface area contributed by atoms with E-state index in [-0.39, 0.29) is 30.1 Å². The Balaban J connectivity index is 2.81. The average molecular weight is 669 g/mol. The third-order valence-corrected chi connectivity index (χ3v) is 8.23. The van der Waals surface area contributed by atoms with Crippen LogP contribution in [0.5, 0.6) is 0 Å². The molecule has 3 amide bonds. The number of carbonyl (C=O) groups is 6. The van der Waals surface area contributed by atoms with E-state index in [1.54, 1.807) is 27.7 Å². The maximum atomic E-state index is 13.4. The largest absolute Gasteiger partial charge is 0.355 e. The minimum absolute atomic E-state index is 0.167. The number of hydrogen-bond acceptors (Lipinski definition) is 13. The summed E-state index contributed by atoms with van der Waals surface area (Å²) in [5.74, 6) is -1.79. The molecule has 1 fully saturated rings. The summed E-state index contributed by atoms with van der Waals surface area (Å²) in [6.45, 7) is 12.1. The lowest BCUT2D eigenvalue weighted by atomic mass is 9.96. The van der Waals surface area contributed by atoms with Gasteiger partial charge in [-0.25, -0.2) is 10.4 Å². The van der Waals surface area contributed by atoms with Crippen LogP contribution in [0, 0.1) is 0 Å². The van der Waals surface area contributed by atoms with Gasteiger partial charge in [-0.1, -0.05) is 0 Å². The topological polar surface area (TPSA) is 256 Å². The molecule has 0 aromatic carbocycles. The highest BCUT2D eigenvalue weighted by Crippen LogP contribution is 2.15. The van der Waals surface area contributed by atoms with E-state index in [2.05, 4.69) is 32.0 Å².